The summed E-state index contributed by atoms with van der Waals surface area (Å²) in [5.41, 5.74) is 3.98. The molecular weight excluding hydrogens is 332 g/mol. The van der Waals surface area contributed by atoms with Crippen LogP contribution in [0.25, 0.3) is 0 Å². The number of allylic oxidation sites excluding steroid dienone is 5. The molecule has 2 nitrogen and oxygen atoms in total. The minimum absolute atomic E-state index is 0.134. The minimum Gasteiger partial charge on any atom is -0.393 e. The zero-order chi connectivity index (χ0) is 19.5. The molecule has 0 bridgehead atoms. The van der Waals surface area contributed by atoms with Crippen molar-refractivity contribution in [2.75, 3.05) is 0 Å². The monoisotopic (exact) mass is 368 g/mol. The van der Waals surface area contributed by atoms with Gasteiger partial charge in [0.25, 0.3) is 0 Å². The summed E-state index contributed by atoms with van der Waals surface area (Å²) in [5, 5.41) is 19.6. The lowest BCUT2D eigenvalue weighted by atomic mass is 9.63. The molecule has 0 aliphatic heterocycles. The van der Waals surface area contributed by atoms with Gasteiger partial charge in [0.15, 0.2) is 0 Å². The molecule has 148 valence electrons. The Hall–Kier alpha value is -1.30. The SMILES string of the molecule is CC(C)(O)C#CCCC1=CCC2/C(=C/C=C3/CCC[C@H](O)C3)CCC[C@]12C. The van der Waals surface area contributed by atoms with Crippen LogP contribution in [0.1, 0.15) is 85.0 Å². The molecule has 3 aliphatic carbocycles. The summed E-state index contributed by atoms with van der Waals surface area (Å²) in [4.78, 5) is 0. The molecule has 0 heterocycles. The molecule has 2 saturated carbocycles. The maximum Gasteiger partial charge on any atom is 0.119 e. The molecule has 0 spiro atoms. The molecule has 3 atom stereocenters. The second-order valence-corrected chi connectivity index (χ2v) is 9.47. The largest absolute Gasteiger partial charge is 0.393 e. The van der Waals surface area contributed by atoms with Crippen LogP contribution in [0.15, 0.2) is 34.9 Å². The Kier molecular flexibility index (Phi) is 6.34. The second kappa shape index (κ2) is 8.38. The van der Waals surface area contributed by atoms with E-state index in [-0.39, 0.29) is 11.5 Å². The Bertz CT molecular complexity index is 692. The van der Waals surface area contributed by atoms with Crippen molar-refractivity contribution in [2.24, 2.45) is 11.3 Å². The van der Waals surface area contributed by atoms with Crippen molar-refractivity contribution in [2.45, 2.75) is 96.7 Å². The van der Waals surface area contributed by atoms with Crippen molar-refractivity contribution in [1.82, 2.24) is 0 Å². The van der Waals surface area contributed by atoms with Crippen LogP contribution in [0, 0.1) is 23.2 Å². The first kappa shape index (κ1) is 20.4. The molecule has 0 aromatic carbocycles. The first-order valence-electron chi connectivity index (χ1n) is 10.8. The van der Waals surface area contributed by atoms with Crippen molar-refractivity contribution in [3.05, 3.63) is 34.9 Å². The number of hydrogen-bond donors (Lipinski definition) is 2. The van der Waals surface area contributed by atoms with Crippen LogP contribution in [-0.4, -0.2) is 21.9 Å². The van der Waals surface area contributed by atoms with E-state index in [0.717, 1.165) is 44.9 Å². The van der Waals surface area contributed by atoms with Crippen LogP contribution in [0.2, 0.25) is 0 Å². The number of aliphatic hydroxyl groups is 2. The van der Waals surface area contributed by atoms with Crippen molar-refractivity contribution in [1.29, 1.82) is 0 Å². The predicted molar refractivity (Wildman–Crippen MR) is 112 cm³/mol. The molecule has 0 amide bonds. The molecule has 1 unspecified atom stereocenters. The average Bonchev–Trinajstić information content (AvgIpc) is 2.93. The van der Waals surface area contributed by atoms with Gasteiger partial charge in [-0.2, -0.15) is 0 Å². The Morgan fingerprint density at radius 1 is 1.26 bits per heavy atom. The number of fused-ring (bicyclic) bond motifs is 1. The topological polar surface area (TPSA) is 40.5 Å². The Morgan fingerprint density at radius 2 is 2.07 bits per heavy atom. The van der Waals surface area contributed by atoms with Gasteiger partial charge < -0.3 is 10.2 Å². The van der Waals surface area contributed by atoms with E-state index in [0.29, 0.717) is 5.92 Å². The maximum absolute atomic E-state index is 9.90. The lowest BCUT2D eigenvalue weighted by Gasteiger charge is -2.41. The van der Waals surface area contributed by atoms with E-state index in [2.05, 4.69) is 37.0 Å². The highest BCUT2D eigenvalue weighted by Crippen LogP contribution is 2.55. The van der Waals surface area contributed by atoms with Gasteiger partial charge in [-0.05, 0) is 83.0 Å². The second-order valence-electron chi connectivity index (χ2n) is 9.47. The zero-order valence-corrected chi connectivity index (χ0v) is 17.4. The smallest absolute Gasteiger partial charge is 0.119 e. The molecule has 0 aromatic rings. The highest BCUT2D eigenvalue weighted by Gasteiger charge is 2.44. The van der Waals surface area contributed by atoms with Crippen molar-refractivity contribution in [3.63, 3.8) is 0 Å². The molecular formula is C25H36O2. The van der Waals surface area contributed by atoms with Crippen molar-refractivity contribution in [3.8, 4) is 11.8 Å². The Balaban J connectivity index is 1.66. The number of aliphatic hydroxyl groups excluding tert-OH is 1. The molecule has 3 aliphatic rings. The molecule has 2 fully saturated rings. The van der Waals surface area contributed by atoms with E-state index >= 15 is 0 Å². The number of hydrogen-bond acceptors (Lipinski definition) is 2. The first-order valence-corrected chi connectivity index (χ1v) is 10.8. The molecule has 2 N–H and O–H groups in total. The fraction of sp³-hybridized carbons (Fsp3) is 0.680. The van der Waals surface area contributed by atoms with Crippen LogP contribution in [0.4, 0.5) is 0 Å². The van der Waals surface area contributed by atoms with E-state index in [4.69, 9.17) is 0 Å². The van der Waals surface area contributed by atoms with Gasteiger partial charge in [-0.3, -0.25) is 0 Å². The minimum atomic E-state index is -0.891. The van der Waals surface area contributed by atoms with E-state index in [1.54, 1.807) is 25.0 Å². The van der Waals surface area contributed by atoms with Gasteiger partial charge in [0.05, 0.1) is 6.10 Å². The van der Waals surface area contributed by atoms with Gasteiger partial charge in [0, 0.05) is 6.42 Å². The molecule has 3 rings (SSSR count). The van der Waals surface area contributed by atoms with Crippen LogP contribution < -0.4 is 0 Å². The highest BCUT2D eigenvalue weighted by molar-refractivity contribution is 5.34. The highest BCUT2D eigenvalue weighted by atomic mass is 16.3. The summed E-state index contributed by atoms with van der Waals surface area (Å²) in [5.74, 6) is 6.73. The molecule has 27 heavy (non-hydrogen) atoms. The fourth-order valence-corrected chi connectivity index (χ4v) is 5.22. The zero-order valence-electron chi connectivity index (χ0n) is 17.4. The standard InChI is InChI=1S/C25H36O2/c1-24(2,27)16-5-4-10-21-14-15-23-20(9-7-17-25(21,23)3)13-12-19-8-6-11-22(26)18-19/h12-14,22-23,26-27H,4,6-11,15,17-18H2,1-3H3/b19-12-,20-13+/t22-,23?,25+/m0/s1. The quantitative estimate of drug-likeness (QED) is 0.512. The average molecular weight is 369 g/mol. The molecule has 0 radical (unpaired) electrons. The van der Waals surface area contributed by atoms with Gasteiger partial charge in [-0.15, -0.1) is 0 Å². The summed E-state index contributed by atoms with van der Waals surface area (Å²) in [6.45, 7) is 5.93. The maximum atomic E-state index is 9.90. The van der Waals surface area contributed by atoms with Crippen LogP contribution in [-0.2, 0) is 0 Å². The van der Waals surface area contributed by atoms with Crippen LogP contribution in [0.5, 0.6) is 0 Å². The van der Waals surface area contributed by atoms with Gasteiger partial charge in [0.1, 0.15) is 5.60 Å². The normalized spacial score (nSPS) is 34.2. The number of rotatable bonds is 3. The summed E-state index contributed by atoms with van der Waals surface area (Å²) < 4.78 is 0. The van der Waals surface area contributed by atoms with E-state index in [1.165, 1.54) is 24.8 Å². The molecule has 2 heteroatoms. The summed E-state index contributed by atoms with van der Waals surface area (Å²) in [6.07, 6.45) is 17.9. The fourth-order valence-electron chi connectivity index (χ4n) is 5.22. The van der Waals surface area contributed by atoms with Crippen molar-refractivity contribution < 1.29 is 10.2 Å². The third-order valence-electron chi connectivity index (χ3n) is 6.69. The summed E-state index contributed by atoms with van der Waals surface area (Å²) in [7, 11) is 0. The lowest BCUT2D eigenvalue weighted by Crippen LogP contribution is -2.30. The summed E-state index contributed by atoms with van der Waals surface area (Å²) >= 11 is 0. The third-order valence-corrected chi connectivity index (χ3v) is 6.69. The Morgan fingerprint density at radius 3 is 2.81 bits per heavy atom. The van der Waals surface area contributed by atoms with Gasteiger partial charge in [-0.25, -0.2) is 0 Å². The van der Waals surface area contributed by atoms with E-state index in [9.17, 15) is 10.2 Å². The third kappa shape index (κ3) is 5.15. The lowest BCUT2D eigenvalue weighted by molar-refractivity contribution is 0.143. The van der Waals surface area contributed by atoms with Crippen LogP contribution in [0.3, 0.4) is 0 Å². The van der Waals surface area contributed by atoms with Gasteiger partial charge in [0.2, 0.25) is 0 Å². The summed E-state index contributed by atoms with van der Waals surface area (Å²) in [6, 6.07) is 0. The first-order chi connectivity index (χ1) is 12.8. The van der Waals surface area contributed by atoms with Gasteiger partial charge >= 0.3 is 0 Å². The van der Waals surface area contributed by atoms with Crippen LogP contribution >= 0.6 is 0 Å². The molecule has 0 aromatic heterocycles. The van der Waals surface area contributed by atoms with E-state index < -0.39 is 5.60 Å². The predicted octanol–water partition coefficient (Wildman–Crippen LogP) is 5.47. The van der Waals surface area contributed by atoms with E-state index in [1.807, 2.05) is 0 Å². The molecule has 0 saturated heterocycles. The Labute approximate surface area is 165 Å². The van der Waals surface area contributed by atoms with Crippen molar-refractivity contribution >= 4 is 0 Å². The van der Waals surface area contributed by atoms with Gasteiger partial charge in [-0.1, -0.05) is 53.7 Å².